The van der Waals surface area contributed by atoms with Crippen molar-refractivity contribution in [2.24, 2.45) is 17.6 Å². The lowest BCUT2D eigenvalue weighted by atomic mass is 9.82. The van der Waals surface area contributed by atoms with Gasteiger partial charge in [-0.1, -0.05) is 57.4 Å². The largest absolute Gasteiger partial charge is 0.479 e. The molecule has 174 valence electrons. The van der Waals surface area contributed by atoms with Gasteiger partial charge >= 0.3 is 5.97 Å². The number of carboxylic acids is 1. The van der Waals surface area contributed by atoms with Crippen molar-refractivity contribution in [2.75, 3.05) is 13.2 Å². The normalized spacial score (nSPS) is 27.6. The Kier molecular flexibility index (Phi) is 12.3. The van der Waals surface area contributed by atoms with Crippen LogP contribution >= 0.6 is 13.5 Å². The molecule has 30 heavy (non-hydrogen) atoms. The van der Waals surface area contributed by atoms with E-state index in [9.17, 15) is 4.79 Å². The van der Waals surface area contributed by atoms with Gasteiger partial charge in [0.05, 0.1) is 12.7 Å². The minimum Gasteiger partial charge on any atom is -0.479 e. The number of hydrogen-bond acceptors (Lipinski definition) is 4. The number of allylic oxidation sites excluding steroid dienone is 2. The van der Waals surface area contributed by atoms with Crippen molar-refractivity contribution < 1.29 is 19.4 Å². The van der Waals surface area contributed by atoms with Crippen LogP contribution in [0.3, 0.4) is 0 Å². The molecule has 0 amide bonds. The number of hydrogen-bond donors (Lipinski definition) is 2. The van der Waals surface area contributed by atoms with Crippen LogP contribution < -0.4 is 5.73 Å². The molecule has 0 aromatic rings. The molecular weight excluding hydrogens is 398 g/mol. The maximum absolute atomic E-state index is 10.9. The van der Waals surface area contributed by atoms with E-state index in [1.807, 2.05) is 19.9 Å². The summed E-state index contributed by atoms with van der Waals surface area (Å²) in [6.07, 6.45) is 16.4. The predicted molar refractivity (Wildman–Crippen MR) is 127 cm³/mol. The quantitative estimate of drug-likeness (QED) is 0.556. The van der Waals surface area contributed by atoms with Crippen molar-refractivity contribution in [1.82, 2.24) is 0 Å². The van der Waals surface area contributed by atoms with Crippen LogP contribution in [-0.4, -0.2) is 42.0 Å². The van der Waals surface area contributed by atoms with Crippen molar-refractivity contribution in [1.29, 1.82) is 0 Å². The minimum atomic E-state index is -1.09. The first-order chi connectivity index (χ1) is 13.9. The number of carbonyl (C=O) groups is 1. The summed E-state index contributed by atoms with van der Waals surface area (Å²) in [5.41, 5.74) is 6.09. The van der Waals surface area contributed by atoms with Crippen LogP contribution in [0.1, 0.15) is 78.1 Å². The van der Waals surface area contributed by atoms with E-state index < -0.39 is 17.6 Å². The van der Waals surface area contributed by atoms with Crippen LogP contribution in [0.4, 0.5) is 0 Å². The Hall–Kier alpha value is -0.820. The smallest absolute Gasteiger partial charge is 0.337 e. The summed E-state index contributed by atoms with van der Waals surface area (Å²) in [5.74, 6) is 0.314. The monoisotopic (exact) mass is 441 g/mol. The Labute approximate surface area is 189 Å². The molecule has 1 saturated carbocycles. The topological polar surface area (TPSA) is 81.8 Å². The lowest BCUT2D eigenvalue weighted by Crippen LogP contribution is -2.62. The summed E-state index contributed by atoms with van der Waals surface area (Å²) < 4.78 is 11.2. The van der Waals surface area contributed by atoms with E-state index in [1.165, 1.54) is 44.1 Å². The molecule has 1 saturated heterocycles. The Balaban J connectivity index is 0.000000297. The van der Waals surface area contributed by atoms with E-state index >= 15 is 0 Å². The average Bonchev–Trinajstić information content (AvgIpc) is 2.66. The summed E-state index contributed by atoms with van der Waals surface area (Å²) in [7, 11) is 0. The predicted octanol–water partition coefficient (Wildman–Crippen LogP) is 4.96. The second-order valence-corrected chi connectivity index (χ2v) is 9.25. The molecule has 6 heteroatoms. The zero-order valence-electron chi connectivity index (χ0n) is 18.9. The first kappa shape index (κ1) is 27.2. The van der Waals surface area contributed by atoms with Gasteiger partial charge in [-0.3, -0.25) is 0 Å². The molecule has 3 atom stereocenters. The molecule has 0 aromatic heterocycles. The highest BCUT2D eigenvalue weighted by Crippen LogP contribution is 2.32. The molecule has 1 heterocycles. The molecule has 2 aliphatic carbocycles. The first-order valence-electron chi connectivity index (χ1n) is 11.4. The lowest BCUT2D eigenvalue weighted by Gasteiger charge is -2.42. The summed E-state index contributed by atoms with van der Waals surface area (Å²) in [4.78, 5) is 10.9. The van der Waals surface area contributed by atoms with E-state index in [-0.39, 0.29) is 13.5 Å². The Morgan fingerprint density at radius 3 is 2.53 bits per heavy atom. The summed E-state index contributed by atoms with van der Waals surface area (Å²) in [5, 5.41) is 8.96. The second-order valence-electron chi connectivity index (χ2n) is 9.25. The Morgan fingerprint density at radius 2 is 2.03 bits per heavy atom. The molecule has 5 nitrogen and oxygen atoms in total. The maximum atomic E-state index is 10.9. The third-order valence-corrected chi connectivity index (χ3v) is 6.43. The highest BCUT2D eigenvalue weighted by molar-refractivity contribution is 7.59. The van der Waals surface area contributed by atoms with E-state index in [0.29, 0.717) is 31.5 Å². The molecule has 1 aliphatic heterocycles. The minimum absolute atomic E-state index is 0. The number of ether oxygens (including phenoxy) is 2. The fraction of sp³-hybridized carbons (Fsp3) is 0.792. The van der Waals surface area contributed by atoms with Gasteiger partial charge < -0.3 is 20.3 Å². The van der Waals surface area contributed by atoms with Crippen molar-refractivity contribution in [2.45, 2.75) is 95.8 Å². The molecule has 3 N–H and O–H groups in total. The van der Waals surface area contributed by atoms with Crippen LogP contribution in [-0.2, 0) is 14.3 Å². The van der Waals surface area contributed by atoms with Crippen molar-refractivity contribution in [3.05, 3.63) is 24.3 Å². The van der Waals surface area contributed by atoms with Gasteiger partial charge in [-0.2, -0.15) is 13.5 Å². The molecule has 2 fully saturated rings. The van der Waals surface area contributed by atoms with Crippen molar-refractivity contribution in [3.63, 3.8) is 0 Å². The number of aliphatic carboxylic acids is 1. The fourth-order valence-electron chi connectivity index (χ4n) is 4.48. The van der Waals surface area contributed by atoms with Crippen molar-refractivity contribution >= 4 is 19.5 Å². The van der Waals surface area contributed by atoms with Gasteiger partial charge in [-0.15, -0.1) is 0 Å². The highest BCUT2D eigenvalue weighted by atomic mass is 32.1. The van der Waals surface area contributed by atoms with E-state index in [1.54, 1.807) is 0 Å². The average molecular weight is 442 g/mol. The van der Waals surface area contributed by atoms with Crippen LogP contribution in [0, 0.1) is 11.8 Å². The van der Waals surface area contributed by atoms with E-state index in [4.69, 9.17) is 20.3 Å². The number of carboxylic acid groups (broad SMARTS) is 1. The third-order valence-electron chi connectivity index (χ3n) is 6.43. The van der Waals surface area contributed by atoms with Gasteiger partial charge in [0.15, 0.2) is 5.60 Å². The first-order valence-corrected chi connectivity index (χ1v) is 11.4. The van der Waals surface area contributed by atoms with Gasteiger partial charge in [-0.05, 0) is 50.4 Å². The summed E-state index contributed by atoms with van der Waals surface area (Å²) in [6, 6.07) is -0.390. The number of nitrogens with two attached hydrogens (primary N) is 1. The van der Waals surface area contributed by atoms with Gasteiger partial charge in [0.1, 0.15) is 0 Å². The molecule has 3 aliphatic rings. The molecule has 0 aromatic carbocycles. The van der Waals surface area contributed by atoms with Gasteiger partial charge in [0.2, 0.25) is 0 Å². The lowest BCUT2D eigenvalue weighted by molar-refractivity contribution is -0.200. The van der Waals surface area contributed by atoms with Gasteiger partial charge in [-0.25, -0.2) is 4.79 Å². The molecule has 0 bridgehead atoms. The molecule has 0 radical (unpaired) electrons. The van der Waals surface area contributed by atoms with Crippen LogP contribution in [0.15, 0.2) is 24.3 Å². The molecule has 3 unspecified atom stereocenters. The van der Waals surface area contributed by atoms with Crippen LogP contribution in [0.2, 0.25) is 0 Å². The zero-order chi connectivity index (χ0) is 21.3. The standard InChI is InChI=1S/C15H24O.C9H17NO3.H2S/c1-2-13-9-6-10-15(11-13)16-12-14-7-4-3-5-8-14;1-6(2)5-7(10)9(8(11)12)3-4-13-9;/h2,9,14-15H,1,3-8,10-12H2;6-7H,3-5,10H2,1-2H3,(H,11,12);1H2. The van der Waals surface area contributed by atoms with E-state index in [2.05, 4.69) is 12.7 Å². The summed E-state index contributed by atoms with van der Waals surface area (Å²) >= 11 is 0. The maximum Gasteiger partial charge on any atom is 0.337 e. The Morgan fingerprint density at radius 1 is 1.37 bits per heavy atom. The Bertz CT molecular complexity index is 553. The SMILES string of the molecule is C=CC1=CCCC(OCC2CCCCC2)C1.CC(C)CC(N)C1(C(=O)O)CCO1.S. The second kappa shape index (κ2) is 13.6. The van der Waals surface area contributed by atoms with Gasteiger partial charge in [0.25, 0.3) is 0 Å². The van der Waals surface area contributed by atoms with E-state index in [0.717, 1.165) is 25.4 Å². The number of rotatable bonds is 8. The fourth-order valence-corrected chi connectivity index (χ4v) is 4.48. The molecule has 0 spiro atoms. The molecule has 3 rings (SSSR count). The van der Waals surface area contributed by atoms with Crippen LogP contribution in [0.5, 0.6) is 0 Å². The molecular formula is C24H43NO4S. The van der Waals surface area contributed by atoms with Gasteiger partial charge in [0, 0.05) is 19.1 Å². The van der Waals surface area contributed by atoms with Crippen LogP contribution in [0.25, 0.3) is 0 Å². The third kappa shape index (κ3) is 8.03. The van der Waals surface area contributed by atoms with Crippen molar-refractivity contribution in [3.8, 4) is 0 Å². The summed E-state index contributed by atoms with van der Waals surface area (Å²) in [6.45, 7) is 9.40. The zero-order valence-corrected chi connectivity index (χ0v) is 19.9. The highest BCUT2D eigenvalue weighted by Gasteiger charge is 2.51.